The van der Waals surface area contributed by atoms with Gasteiger partial charge in [0.2, 0.25) is 0 Å². The zero-order valence-corrected chi connectivity index (χ0v) is 14.8. The summed E-state index contributed by atoms with van der Waals surface area (Å²) in [6.07, 6.45) is 1.72. The van der Waals surface area contributed by atoms with Gasteiger partial charge in [0.05, 0.1) is 17.8 Å². The number of hydrogen-bond acceptors (Lipinski definition) is 5. The van der Waals surface area contributed by atoms with E-state index in [0.717, 1.165) is 16.8 Å². The Bertz CT molecular complexity index is 895. The van der Waals surface area contributed by atoms with Crippen LogP contribution in [0.25, 0.3) is 11.5 Å². The summed E-state index contributed by atoms with van der Waals surface area (Å²) in [6.45, 7) is 6.19. The Kier molecular flexibility index (Phi) is 4.65. The molecule has 0 spiro atoms. The van der Waals surface area contributed by atoms with E-state index in [1.165, 1.54) is 0 Å². The monoisotopic (exact) mass is 339 g/mol. The van der Waals surface area contributed by atoms with Gasteiger partial charge in [-0.15, -0.1) is 0 Å². The van der Waals surface area contributed by atoms with E-state index in [9.17, 15) is 4.79 Å². The van der Waals surface area contributed by atoms with Crippen molar-refractivity contribution in [2.45, 2.75) is 33.2 Å². The van der Waals surface area contributed by atoms with Crippen LogP contribution in [0.2, 0.25) is 0 Å². The van der Waals surface area contributed by atoms with E-state index < -0.39 is 0 Å². The molecule has 0 aliphatic carbocycles. The van der Waals surface area contributed by atoms with Crippen LogP contribution in [0.3, 0.4) is 0 Å². The summed E-state index contributed by atoms with van der Waals surface area (Å²) in [4.78, 5) is 16.8. The summed E-state index contributed by atoms with van der Waals surface area (Å²) < 4.78 is 6.95. The van der Waals surface area contributed by atoms with Crippen molar-refractivity contribution in [1.29, 1.82) is 0 Å². The smallest absolute Gasteiger partial charge is 0.258 e. The van der Waals surface area contributed by atoms with Gasteiger partial charge in [0.25, 0.3) is 11.8 Å². The van der Waals surface area contributed by atoms with Crippen LogP contribution >= 0.6 is 0 Å². The van der Waals surface area contributed by atoms with E-state index >= 15 is 0 Å². The van der Waals surface area contributed by atoms with Crippen molar-refractivity contribution in [2.75, 3.05) is 0 Å². The van der Waals surface area contributed by atoms with Gasteiger partial charge < -0.3 is 9.84 Å². The van der Waals surface area contributed by atoms with E-state index in [4.69, 9.17) is 4.52 Å². The lowest BCUT2D eigenvalue weighted by atomic mass is 10.1. The predicted octanol–water partition coefficient (Wildman–Crippen LogP) is 2.83. The van der Waals surface area contributed by atoms with Crippen LogP contribution in [0, 0.1) is 6.92 Å². The lowest BCUT2D eigenvalue weighted by Gasteiger charge is -2.05. The molecule has 0 aliphatic rings. The van der Waals surface area contributed by atoms with Gasteiger partial charge >= 0.3 is 0 Å². The number of rotatable bonds is 5. The third-order valence-corrected chi connectivity index (χ3v) is 3.90. The molecule has 7 nitrogen and oxygen atoms in total. The number of carbonyl (C=O) groups is 1. The van der Waals surface area contributed by atoms with Crippen molar-refractivity contribution in [3.63, 3.8) is 0 Å². The average Bonchev–Trinajstić information content (AvgIpc) is 3.20. The molecule has 1 aromatic carbocycles. The van der Waals surface area contributed by atoms with Crippen LogP contribution in [0.5, 0.6) is 0 Å². The molecule has 2 heterocycles. The van der Waals surface area contributed by atoms with Crippen molar-refractivity contribution in [3.8, 4) is 11.5 Å². The van der Waals surface area contributed by atoms with Crippen LogP contribution in [0.4, 0.5) is 0 Å². The van der Waals surface area contributed by atoms with E-state index in [2.05, 4.69) is 20.6 Å². The van der Waals surface area contributed by atoms with Gasteiger partial charge in [-0.05, 0) is 24.5 Å². The largest absolute Gasteiger partial charge is 0.344 e. The van der Waals surface area contributed by atoms with E-state index in [1.807, 2.05) is 45.0 Å². The second-order valence-electron chi connectivity index (χ2n) is 6.27. The van der Waals surface area contributed by atoms with Crippen molar-refractivity contribution < 1.29 is 9.32 Å². The first-order valence-corrected chi connectivity index (χ1v) is 8.16. The van der Waals surface area contributed by atoms with Crippen LogP contribution in [0.15, 0.2) is 35.0 Å². The van der Waals surface area contributed by atoms with Gasteiger partial charge in [-0.3, -0.25) is 9.48 Å². The first-order valence-electron chi connectivity index (χ1n) is 8.16. The first kappa shape index (κ1) is 16.9. The molecule has 0 radical (unpaired) electrons. The van der Waals surface area contributed by atoms with Gasteiger partial charge in [-0.2, -0.15) is 10.1 Å². The third kappa shape index (κ3) is 3.60. The Hall–Kier alpha value is -2.96. The molecule has 3 aromatic rings. The topological polar surface area (TPSA) is 85.8 Å². The summed E-state index contributed by atoms with van der Waals surface area (Å²) in [6, 6.07) is 7.78. The number of benzene rings is 1. The standard InChI is InChI=1S/C18H21N5O2/c1-11(2)16-14(10-23(4)21-16)17(24)19-9-15-20-18(25-22-15)13-8-6-5-7-12(13)3/h5-8,10-11H,9H2,1-4H3,(H,19,24). The van der Waals surface area contributed by atoms with Crippen molar-refractivity contribution in [3.05, 3.63) is 53.1 Å². The van der Waals surface area contributed by atoms with E-state index in [-0.39, 0.29) is 18.4 Å². The molecule has 2 aromatic heterocycles. The summed E-state index contributed by atoms with van der Waals surface area (Å²) in [7, 11) is 1.80. The van der Waals surface area contributed by atoms with Crippen LogP contribution in [-0.4, -0.2) is 25.8 Å². The average molecular weight is 339 g/mol. The molecule has 0 aliphatic heterocycles. The summed E-state index contributed by atoms with van der Waals surface area (Å²) in [5, 5.41) is 11.1. The van der Waals surface area contributed by atoms with Gasteiger partial charge in [-0.1, -0.05) is 37.2 Å². The molecule has 0 unspecified atom stereocenters. The molecular formula is C18H21N5O2. The molecule has 1 N–H and O–H groups in total. The highest BCUT2D eigenvalue weighted by molar-refractivity contribution is 5.95. The fraction of sp³-hybridized carbons (Fsp3) is 0.333. The number of aryl methyl sites for hydroxylation is 2. The fourth-order valence-electron chi connectivity index (χ4n) is 2.61. The Morgan fingerprint density at radius 2 is 2.08 bits per heavy atom. The Labute approximate surface area is 146 Å². The third-order valence-electron chi connectivity index (χ3n) is 3.90. The highest BCUT2D eigenvalue weighted by Crippen LogP contribution is 2.21. The molecule has 0 saturated carbocycles. The maximum atomic E-state index is 12.4. The van der Waals surface area contributed by atoms with Gasteiger partial charge in [0.15, 0.2) is 5.82 Å². The number of hydrogen-bond donors (Lipinski definition) is 1. The molecule has 0 bridgehead atoms. The molecule has 3 rings (SSSR count). The Morgan fingerprint density at radius 1 is 1.32 bits per heavy atom. The Balaban J connectivity index is 1.71. The lowest BCUT2D eigenvalue weighted by molar-refractivity contribution is 0.0948. The maximum Gasteiger partial charge on any atom is 0.258 e. The van der Waals surface area contributed by atoms with E-state index in [0.29, 0.717) is 17.3 Å². The zero-order chi connectivity index (χ0) is 18.0. The van der Waals surface area contributed by atoms with Crippen LogP contribution in [0.1, 0.15) is 47.2 Å². The molecule has 25 heavy (non-hydrogen) atoms. The normalized spacial score (nSPS) is 11.1. The predicted molar refractivity (Wildman–Crippen MR) is 92.9 cm³/mol. The number of nitrogens with one attached hydrogen (secondary N) is 1. The first-order chi connectivity index (χ1) is 12.0. The second-order valence-corrected chi connectivity index (χ2v) is 6.27. The van der Waals surface area contributed by atoms with Crippen molar-refractivity contribution in [2.24, 2.45) is 7.05 Å². The summed E-state index contributed by atoms with van der Waals surface area (Å²) in [5.74, 6) is 0.854. The second kappa shape index (κ2) is 6.88. The SMILES string of the molecule is Cc1ccccc1-c1nc(CNC(=O)c2cn(C)nc2C(C)C)no1. The highest BCUT2D eigenvalue weighted by Gasteiger charge is 2.18. The van der Waals surface area contributed by atoms with Crippen molar-refractivity contribution >= 4 is 5.91 Å². The number of carbonyl (C=O) groups excluding carboxylic acids is 1. The van der Waals surface area contributed by atoms with E-state index in [1.54, 1.807) is 17.9 Å². The van der Waals surface area contributed by atoms with Crippen LogP contribution < -0.4 is 5.32 Å². The molecular weight excluding hydrogens is 318 g/mol. The van der Waals surface area contributed by atoms with Gasteiger partial charge in [0.1, 0.15) is 0 Å². The van der Waals surface area contributed by atoms with Crippen molar-refractivity contribution in [1.82, 2.24) is 25.2 Å². The minimum atomic E-state index is -0.195. The number of amides is 1. The minimum Gasteiger partial charge on any atom is -0.344 e. The molecule has 130 valence electrons. The summed E-state index contributed by atoms with van der Waals surface area (Å²) >= 11 is 0. The highest BCUT2D eigenvalue weighted by atomic mass is 16.5. The van der Waals surface area contributed by atoms with Gasteiger partial charge in [0, 0.05) is 18.8 Å². The molecule has 0 atom stereocenters. The Morgan fingerprint density at radius 3 is 2.80 bits per heavy atom. The zero-order valence-electron chi connectivity index (χ0n) is 14.8. The van der Waals surface area contributed by atoms with Gasteiger partial charge in [-0.25, -0.2) is 0 Å². The lowest BCUT2D eigenvalue weighted by Crippen LogP contribution is -2.24. The van der Waals surface area contributed by atoms with Crippen LogP contribution in [-0.2, 0) is 13.6 Å². The number of nitrogens with zero attached hydrogens (tertiary/aromatic N) is 4. The molecule has 1 amide bonds. The number of aromatic nitrogens is 4. The quantitative estimate of drug-likeness (QED) is 0.772. The molecule has 7 heteroatoms. The summed E-state index contributed by atoms with van der Waals surface area (Å²) in [5.41, 5.74) is 3.29. The minimum absolute atomic E-state index is 0.166. The fourth-order valence-corrected chi connectivity index (χ4v) is 2.61. The molecule has 0 saturated heterocycles. The molecule has 0 fully saturated rings. The maximum absolute atomic E-state index is 12.4.